The van der Waals surface area contributed by atoms with E-state index in [-0.39, 0.29) is 11.6 Å². The summed E-state index contributed by atoms with van der Waals surface area (Å²) in [6, 6.07) is 6.28. The number of benzene rings is 1. The highest BCUT2D eigenvalue weighted by Crippen LogP contribution is 2.20. The number of para-hydroxylation sites is 1. The van der Waals surface area contributed by atoms with Crippen LogP contribution in [0.5, 0.6) is 0 Å². The van der Waals surface area contributed by atoms with Crippen LogP contribution < -0.4 is 5.32 Å². The van der Waals surface area contributed by atoms with Gasteiger partial charge in [0.25, 0.3) is 0 Å². The van der Waals surface area contributed by atoms with Crippen LogP contribution in [0.4, 0.5) is 14.6 Å². The second-order valence-corrected chi connectivity index (χ2v) is 3.79. The maximum Gasteiger partial charge on any atom is 0.316 e. The SMILES string of the molecule is O=C(c1ccccc1NC1CCOC1)N(F)F. The Morgan fingerprint density at radius 3 is 2.82 bits per heavy atom. The van der Waals surface area contributed by atoms with Crippen molar-refractivity contribution in [2.24, 2.45) is 0 Å². The number of rotatable bonds is 3. The Kier molecular flexibility index (Phi) is 3.53. The molecule has 1 fully saturated rings. The molecule has 6 heteroatoms. The lowest BCUT2D eigenvalue weighted by atomic mass is 10.1. The minimum atomic E-state index is -1.41. The van der Waals surface area contributed by atoms with E-state index in [9.17, 15) is 13.8 Å². The summed E-state index contributed by atoms with van der Waals surface area (Å²) in [4.78, 5) is 11.2. The molecule has 1 atom stereocenters. The summed E-state index contributed by atoms with van der Waals surface area (Å²) in [5.74, 6) is -1.31. The van der Waals surface area contributed by atoms with Crippen molar-refractivity contribution in [1.82, 2.24) is 5.34 Å². The average molecular weight is 242 g/mol. The van der Waals surface area contributed by atoms with E-state index in [1.165, 1.54) is 6.07 Å². The smallest absolute Gasteiger partial charge is 0.316 e. The molecule has 2 rings (SSSR count). The quantitative estimate of drug-likeness (QED) is 0.825. The van der Waals surface area contributed by atoms with Gasteiger partial charge in [-0.3, -0.25) is 4.79 Å². The van der Waals surface area contributed by atoms with Gasteiger partial charge in [-0.15, -0.1) is 0 Å². The van der Waals surface area contributed by atoms with Gasteiger partial charge in [0, 0.05) is 17.6 Å². The molecule has 1 aliphatic heterocycles. The van der Waals surface area contributed by atoms with Crippen molar-refractivity contribution in [2.45, 2.75) is 12.5 Å². The topological polar surface area (TPSA) is 41.6 Å². The Balaban J connectivity index is 2.17. The first-order valence-corrected chi connectivity index (χ1v) is 5.28. The van der Waals surface area contributed by atoms with E-state index in [2.05, 4.69) is 5.32 Å². The largest absolute Gasteiger partial charge is 0.379 e. The lowest BCUT2D eigenvalue weighted by molar-refractivity contribution is -0.108. The second-order valence-electron chi connectivity index (χ2n) is 3.79. The number of anilines is 1. The fourth-order valence-corrected chi connectivity index (χ4v) is 1.75. The molecule has 0 radical (unpaired) electrons. The molecule has 1 aromatic carbocycles. The summed E-state index contributed by atoms with van der Waals surface area (Å²) >= 11 is 0. The molecule has 0 aliphatic carbocycles. The molecule has 1 saturated heterocycles. The summed E-state index contributed by atoms with van der Waals surface area (Å²) in [6.07, 6.45) is 0.803. The number of halogens is 2. The number of carbonyl (C=O) groups excluding carboxylic acids is 1. The van der Waals surface area contributed by atoms with Crippen LogP contribution in [0.1, 0.15) is 16.8 Å². The first-order valence-electron chi connectivity index (χ1n) is 5.28. The van der Waals surface area contributed by atoms with Crippen molar-refractivity contribution in [3.05, 3.63) is 29.8 Å². The fourth-order valence-electron chi connectivity index (χ4n) is 1.75. The average Bonchev–Trinajstić information content (AvgIpc) is 2.81. The molecule has 1 amide bonds. The molecule has 17 heavy (non-hydrogen) atoms. The Hall–Kier alpha value is -1.69. The van der Waals surface area contributed by atoms with Crippen molar-refractivity contribution in [1.29, 1.82) is 0 Å². The van der Waals surface area contributed by atoms with Crippen LogP contribution in [0.15, 0.2) is 24.3 Å². The number of carbonyl (C=O) groups is 1. The molecular formula is C11H12F2N2O2. The van der Waals surface area contributed by atoms with Gasteiger partial charge in [-0.1, -0.05) is 21.1 Å². The van der Waals surface area contributed by atoms with Crippen molar-refractivity contribution < 1.29 is 18.5 Å². The molecule has 0 saturated carbocycles. The minimum Gasteiger partial charge on any atom is -0.379 e. The van der Waals surface area contributed by atoms with Crippen LogP contribution in [0.2, 0.25) is 0 Å². The Labute approximate surface area is 97.0 Å². The van der Waals surface area contributed by atoms with Crippen LogP contribution in [0.3, 0.4) is 0 Å². The Bertz CT molecular complexity index is 406. The first kappa shape index (κ1) is 11.8. The van der Waals surface area contributed by atoms with Crippen molar-refractivity contribution in [2.75, 3.05) is 18.5 Å². The number of hydrogen-bond donors (Lipinski definition) is 1. The standard InChI is InChI=1S/C11H12F2N2O2/c12-15(13)11(16)9-3-1-2-4-10(9)14-8-5-6-17-7-8/h1-4,8,14H,5-7H2. The maximum atomic E-state index is 12.2. The van der Waals surface area contributed by atoms with Crippen LogP contribution in [0.25, 0.3) is 0 Å². The van der Waals surface area contributed by atoms with Gasteiger partial charge in [-0.25, -0.2) is 0 Å². The summed E-state index contributed by atoms with van der Waals surface area (Å²) < 4.78 is 29.6. The number of nitrogens with zero attached hydrogens (tertiary/aromatic N) is 1. The summed E-state index contributed by atoms with van der Waals surface area (Å²) in [6.45, 7) is 1.17. The molecule has 1 aliphatic rings. The zero-order valence-corrected chi connectivity index (χ0v) is 9.03. The number of hydrogen-bond acceptors (Lipinski definition) is 3. The highest BCUT2D eigenvalue weighted by Gasteiger charge is 2.21. The Morgan fingerprint density at radius 2 is 2.18 bits per heavy atom. The van der Waals surface area contributed by atoms with E-state index in [4.69, 9.17) is 4.74 Å². The van der Waals surface area contributed by atoms with Gasteiger partial charge < -0.3 is 10.1 Å². The maximum absolute atomic E-state index is 12.2. The van der Waals surface area contributed by atoms with Gasteiger partial charge in [-0.2, -0.15) is 0 Å². The van der Waals surface area contributed by atoms with E-state index in [1.807, 2.05) is 0 Å². The lowest BCUT2D eigenvalue weighted by Crippen LogP contribution is -2.22. The highest BCUT2D eigenvalue weighted by molar-refractivity contribution is 5.98. The summed E-state index contributed by atoms with van der Waals surface area (Å²) in [7, 11) is 0. The second kappa shape index (κ2) is 5.09. The molecule has 92 valence electrons. The number of ether oxygens (including phenoxy) is 1. The molecule has 1 N–H and O–H groups in total. The van der Waals surface area contributed by atoms with Crippen LogP contribution >= 0.6 is 0 Å². The molecular weight excluding hydrogens is 230 g/mol. The van der Waals surface area contributed by atoms with Crippen LogP contribution in [-0.2, 0) is 4.74 Å². The molecule has 0 aromatic heterocycles. The molecule has 1 unspecified atom stereocenters. The number of nitrogens with one attached hydrogen (secondary N) is 1. The molecule has 0 spiro atoms. The third-order valence-corrected chi connectivity index (χ3v) is 2.60. The van der Waals surface area contributed by atoms with Crippen LogP contribution in [-0.4, -0.2) is 30.5 Å². The molecule has 1 heterocycles. The monoisotopic (exact) mass is 242 g/mol. The van der Waals surface area contributed by atoms with Gasteiger partial charge in [-0.05, 0) is 18.6 Å². The van der Waals surface area contributed by atoms with E-state index in [0.29, 0.717) is 18.9 Å². The van der Waals surface area contributed by atoms with Crippen LogP contribution in [0, 0.1) is 0 Å². The summed E-state index contributed by atoms with van der Waals surface area (Å²) in [5, 5.41) is 1.63. The predicted octanol–water partition coefficient (Wildman–Crippen LogP) is 2.10. The van der Waals surface area contributed by atoms with Gasteiger partial charge in [0.2, 0.25) is 0 Å². The zero-order valence-electron chi connectivity index (χ0n) is 9.03. The first-order chi connectivity index (χ1) is 8.18. The predicted molar refractivity (Wildman–Crippen MR) is 57.7 cm³/mol. The van der Waals surface area contributed by atoms with Crippen molar-refractivity contribution in [3.63, 3.8) is 0 Å². The highest BCUT2D eigenvalue weighted by atomic mass is 19.4. The molecule has 0 bridgehead atoms. The van der Waals surface area contributed by atoms with E-state index in [1.54, 1.807) is 18.2 Å². The van der Waals surface area contributed by atoms with E-state index >= 15 is 0 Å². The molecule has 1 aromatic rings. The van der Waals surface area contributed by atoms with Gasteiger partial charge >= 0.3 is 5.91 Å². The van der Waals surface area contributed by atoms with E-state index in [0.717, 1.165) is 6.42 Å². The normalized spacial score (nSPS) is 19.1. The van der Waals surface area contributed by atoms with Crippen molar-refractivity contribution in [3.8, 4) is 0 Å². The van der Waals surface area contributed by atoms with E-state index < -0.39 is 11.3 Å². The van der Waals surface area contributed by atoms with Gasteiger partial charge in [0.1, 0.15) is 0 Å². The third-order valence-electron chi connectivity index (χ3n) is 2.60. The van der Waals surface area contributed by atoms with Gasteiger partial charge in [0.05, 0.1) is 18.2 Å². The molecule has 4 nitrogen and oxygen atoms in total. The Morgan fingerprint density at radius 1 is 1.41 bits per heavy atom. The fraction of sp³-hybridized carbons (Fsp3) is 0.364. The summed E-state index contributed by atoms with van der Waals surface area (Å²) in [5.41, 5.74) is 0.373. The lowest BCUT2D eigenvalue weighted by Gasteiger charge is -2.15. The van der Waals surface area contributed by atoms with Gasteiger partial charge in [0.15, 0.2) is 0 Å². The zero-order chi connectivity index (χ0) is 12.3. The van der Waals surface area contributed by atoms with Crippen molar-refractivity contribution >= 4 is 11.6 Å². The minimum absolute atomic E-state index is 0.0376. The number of amides is 1. The third kappa shape index (κ3) is 2.71.